The van der Waals surface area contributed by atoms with Crippen molar-refractivity contribution in [2.75, 3.05) is 5.73 Å². The lowest BCUT2D eigenvalue weighted by molar-refractivity contribution is 0.691. The third-order valence-corrected chi connectivity index (χ3v) is 4.28. The summed E-state index contributed by atoms with van der Waals surface area (Å²) < 4.78 is 1.01. The second-order valence-corrected chi connectivity index (χ2v) is 6.14. The minimum absolute atomic E-state index is 0.764. The summed E-state index contributed by atoms with van der Waals surface area (Å²) in [6.45, 7) is 3.70. The zero-order chi connectivity index (χ0) is 13.0. The molecule has 3 nitrogen and oxygen atoms in total. The Morgan fingerprint density at radius 1 is 1.39 bits per heavy atom. The molecule has 1 heterocycles. The maximum Gasteiger partial charge on any atom is 0.107 e. The quantitative estimate of drug-likeness (QED) is 0.829. The van der Waals surface area contributed by atoms with Gasteiger partial charge in [0.15, 0.2) is 0 Å². The fourth-order valence-electron chi connectivity index (χ4n) is 1.62. The Bertz CT molecular complexity index is 525. The van der Waals surface area contributed by atoms with Crippen molar-refractivity contribution in [3.8, 4) is 0 Å². The molecule has 96 valence electrons. The van der Waals surface area contributed by atoms with Gasteiger partial charge in [-0.25, -0.2) is 4.98 Å². The molecular formula is C13H16BrN3S. The molecule has 3 N–H and O–H groups in total. The largest absolute Gasteiger partial charge is 0.398 e. The van der Waals surface area contributed by atoms with E-state index in [0.29, 0.717) is 0 Å². The second kappa shape index (κ2) is 6.31. The molecule has 0 fully saturated rings. The molecule has 0 unspecified atom stereocenters. The summed E-state index contributed by atoms with van der Waals surface area (Å²) in [4.78, 5) is 5.70. The van der Waals surface area contributed by atoms with E-state index in [9.17, 15) is 0 Å². The molecule has 5 heteroatoms. The van der Waals surface area contributed by atoms with Gasteiger partial charge >= 0.3 is 0 Å². The fraction of sp³-hybridized carbons (Fsp3) is 0.308. The number of nitrogens with two attached hydrogens (primary N) is 1. The molecule has 0 aliphatic heterocycles. The summed E-state index contributed by atoms with van der Waals surface area (Å²) in [5, 5.41) is 4.50. The number of hydrogen-bond donors (Lipinski definition) is 2. The van der Waals surface area contributed by atoms with Crippen LogP contribution in [0.1, 0.15) is 22.4 Å². The number of thiazole rings is 1. The average Bonchev–Trinajstić information content (AvgIpc) is 2.80. The highest BCUT2D eigenvalue weighted by Gasteiger charge is 2.02. The van der Waals surface area contributed by atoms with E-state index in [1.54, 1.807) is 11.3 Å². The van der Waals surface area contributed by atoms with E-state index in [0.717, 1.165) is 40.2 Å². The predicted octanol–water partition coefficient (Wildman–Crippen LogP) is 3.34. The van der Waals surface area contributed by atoms with E-state index in [1.165, 1.54) is 4.88 Å². The Labute approximate surface area is 120 Å². The summed E-state index contributed by atoms with van der Waals surface area (Å²) in [5.41, 5.74) is 7.87. The minimum atomic E-state index is 0.764. The van der Waals surface area contributed by atoms with Gasteiger partial charge in [-0.15, -0.1) is 11.3 Å². The van der Waals surface area contributed by atoms with Crippen LogP contribution in [0.3, 0.4) is 0 Å². The van der Waals surface area contributed by atoms with Gasteiger partial charge in [-0.2, -0.15) is 0 Å². The maximum absolute atomic E-state index is 5.94. The van der Waals surface area contributed by atoms with E-state index in [2.05, 4.69) is 33.2 Å². The van der Waals surface area contributed by atoms with Crippen LogP contribution in [0.2, 0.25) is 0 Å². The SMILES string of the molecule is CCc1cnc(CNCc2ccc(Br)cc2N)s1. The van der Waals surface area contributed by atoms with Crippen LogP contribution >= 0.6 is 27.3 Å². The first-order valence-electron chi connectivity index (χ1n) is 5.87. The van der Waals surface area contributed by atoms with Crippen molar-refractivity contribution in [3.05, 3.63) is 44.3 Å². The first kappa shape index (κ1) is 13.5. The van der Waals surface area contributed by atoms with Gasteiger partial charge in [0.2, 0.25) is 0 Å². The van der Waals surface area contributed by atoms with Crippen LogP contribution in [0.25, 0.3) is 0 Å². The fourth-order valence-corrected chi connectivity index (χ4v) is 2.83. The van der Waals surface area contributed by atoms with Crippen LogP contribution < -0.4 is 11.1 Å². The normalized spacial score (nSPS) is 10.8. The summed E-state index contributed by atoms with van der Waals surface area (Å²) in [5.74, 6) is 0. The number of nitrogens with one attached hydrogen (secondary N) is 1. The van der Waals surface area contributed by atoms with E-state index in [-0.39, 0.29) is 0 Å². The molecule has 1 aromatic heterocycles. The highest BCUT2D eigenvalue weighted by atomic mass is 79.9. The molecule has 0 aliphatic carbocycles. The predicted molar refractivity (Wildman–Crippen MR) is 80.6 cm³/mol. The molecular weight excluding hydrogens is 310 g/mol. The molecule has 1 aromatic carbocycles. The van der Waals surface area contributed by atoms with E-state index < -0.39 is 0 Å². The summed E-state index contributed by atoms with van der Waals surface area (Å²) >= 11 is 5.17. The molecule has 18 heavy (non-hydrogen) atoms. The number of anilines is 1. The van der Waals surface area contributed by atoms with Crippen LogP contribution in [0.4, 0.5) is 5.69 Å². The van der Waals surface area contributed by atoms with Gasteiger partial charge in [0, 0.05) is 34.3 Å². The first-order valence-corrected chi connectivity index (χ1v) is 7.48. The third-order valence-electron chi connectivity index (χ3n) is 2.65. The van der Waals surface area contributed by atoms with Gasteiger partial charge in [0.05, 0.1) is 0 Å². The average molecular weight is 326 g/mol. The Morgan fingerprint density at radius 3 is 2.89 bits per heavy atom. The van der Waals surface area contributed by atoms with Crippen molar-refractivity contribution in [2.45, 2.75) is 26.4 Å². The number of nitrogen functional groups attached to an aromatic ring is 1. The van der Waals surface area contributed by atoms with E-state index in [1.807, 2.05) is 24.4 Å². The van der Waals surface area contributed by atoms with Crippen LogP contribution in [-0.2, 0) is 19.5 Å². The van der Waals surface area contributed by atoms with Crippen LogP contribution in [0, 0.1) is 0 Å². The number of aromatic nitrogens is 1. The molecule has 2 rings (SSSR count). The van der Waals surface area contributed by atoms with Gasteiger partial charge in [0.1, 0.15) is 5.01 Å². The first-order chi connectivity index (χ1) is 8.69. The monoisotopic (exact) mass is 325 g/mol. The Balaban J connectivity index is 1.88. The van der Waals surface area contributed by atoms with Crippen molar-refractivity contribution in [1.82, 2.24) is 10.3 Å². The van der Waals surface area contributed by atoms with Crippen molar-refractivity contribution >= 4 is 33.0 Å². The van der Waals surface area contributed by atoms with Crippen molar-refractivity contribution in [1.29, 1.82) is 0 Å². The number of hydrogen-bond acceptors (Lipinski definition) is 4. The number of rotatable bonds is 5. The number of nitrogens with zero attached hydrogens (tertiary/aromatic N) is 1. The number of halogens is 1. The lowest BCUT2D eigenvalue weighted by atomic mass is 10.2. The highest BCUT2D eigenvalue weighted by Crippen LogP contribution is 2.18. The zero-order valence-electron chi connectivity index (χ0n) is 10.2. The van der Waals surface area contributed by atoms with Crippen LogP contribution in [0.15, 0.2) is 28.9 Å². The molecule has 0 aliphatic rings. The van der Waals surface area contributed by atoms with Gasteiger partial charge < -0.3 is 11.1 Å². The molecule has 0 bridgehead atoms. The number of aryl methyl sites for hydroxylation is 1. The molecule has 0 saturated heterocycles. The van der Waals surface area contributed by atoms with Crippen molar-refractivity contribution < 1.29 is 0 Å². The molecule has 0 amide bonds. The number of benzene rings is 1. The van der Waals surface area contributed by atoms with E-state index in [4.69, 9.17) is 5.73 Å². The lowest BCUT2D eigenvalue weighted by Gasteiger charge is -2.06. The lowest BCUT2D eigenvalue weighted by Crippen LogP contribution is -2.13. The van der Waals surface area contributed by atoms with Crippen LogP contribution in [0.5, 0.6) is 0 Å². The molecule has 0 radical (unpaired) electrons. The Morgan fingerprint density at radius 2 is 2.22 bits per heavy atom. The molecule has 2 aromatic rings. The highest BCUT2D eigenvalue weighted by molar-refractivity contribution is 9.10. The molecule has 0 saturated carbocycles. The Kier molecular flexibility index (Phi) is 4.74. The zero-order valence-corrected chi connectivity index (χ0v) is 12.6. The van der Waals surface area contributed by atoms with Crippen molar-refractivity contribution in [2.24, 2.45) is 0 Å². The molecule has 0 spiro atoms. The van der Waals surface area contributed by atoms with Gasteiger partial charge in [0.25, 0.3) is 0 Å². The smallest absolute Gasteiger partial charge is 0.107 e. The van der Waals surface area contributed by atoms with Gasteiger partial charge in [-0.1, -0.05) is 28.9 Å². The summed E-state index contributed by atoms with van der Waals surface area (Å²) in [6, 6.07) is 5.97. The second-order valence-electron chi connectivity index (χ2n) is 4.02. The molecule has 0 atom stereocenters. The van der Waals surface area contributed by atoms with Crippen LogP contribution in [-0.4, -0.2) is 4.98 Å². The summed E-state index contributed by atoms with van der Waals surface area (Å²) in [6.07, 6.45) is 3.01. The van der Waals surface area contributed by atoms with Crippen molar-refractivity contribution in [3.63, 3.8) is 0 Å². The maximum atomic E-state index is 5.94. The Hall–Kier alpha value is -0.910. The van der Waals surface area contributed by atoms with Gasteiger partial charge in [-0.05, 0) is 24.1 Å². The van der Waals surface area contributed by atoms with Gasteiger partial charge in [-0.3, -0.25) is 0 Å². The van der Waals surface area contributed by atoms with E-state index >= 15 is 0 Å². The standard InChI is InChI=1S/C13H16BrN3S/c1-2-11-7-17-13(18-11)8-16-6-9-3-4-10(14)5-12(9)15/h3-5,7,16H,2,6,8,15H2,1H3. The third kappa shape index (κ3) is 3.54. The summed E-state index contributed by atoms with van der Waals surface area (Å²) in [7, 11) is 0. The minimum Gasteiger partial charge on any atom is -0.398 e. The topological polar surface area (TPSA) is 50.9 Å².